The Labute approximate surface area is 181 Å². The first kappa shape index (κ1) is 19.9. The van der Waals surface area contributed by atoms with E-state index in [1.54, 1.807) is 0 Å². The maximum Gasteiger partial charge on any atom is 0.264 e. The minimum atomic E-state index is -0.602. The van der Waals surface area contributed by atoms with Crippen LogP contribution in [-0.4, -0.2) is 37.5 Å². The van der Waals surface area contributed by atoms with Crippen molar-refractivity contribution in [2.24, 2.45) is 5.16 Å². The largest absolute Gasteiger partial charge is 0.382 e. The number of carbonyl (C=O) groups excluding carboxylic acids is 1. The number of nitrogens with one attached hydrogen (secondary N) is 1. The van der Waals surface area contributed by atoms with Gasteiger partial charge in [-0.25, -0.2) is 0 Å². The molecule has 28 heavy (non-hydrogen) atoms. The summed E-state index contributed by atoms with van der Waals surface area (Å²) in [6, 6.07) is 12.0. The molecule has 1 aromatic carbocycles. The third-order valence-corrected chi connectivity index (χ3v) is 7.08. The van der Waals surface area contributed by atoms with Crippen LogP contribution in [0.15, 0.2) is 46.0 Å². The Kier molecular flexibility index (Phi) is 6.06. The molecule has 0 saturated carbocycles. The van der Waals surface area contributed by atoms with Gasteiger partial charge in [0, 0.05) is 36.1 Å². The van der Waals surface area contributed by atoms with Crippen LogP contribution in [0.25, 0.3) is 0 Å². The number of nitrogens with zero attached hydrogens (tertiary/aromatic N) is 1. The van der Waals surface area contributed by atoms with Crippen LogP contribution in [0.2, 0.25) is 4.34 Å². The number of benzene rings is 1. The molecule has 1 amide bonds. The van der Waals surface area contributed by atoms with E-state index in [0.717, 1.165) is 27.9 Å². The van der Waals surface area contributed by atoms with Gasteiger partial charge in [-0.15, -0.1) is 11.3 Å². The van der Waals surface area contributed by atoms with Crippen LogP contribution in [-0.2, 0) is 19.8 Å². The Bertz CT molecular complexity index is 895. The van der Waals surface area contributed by atoms with Crippen molar-refractivity contribution >= 4 is 50.5 Å². The zero-order chi connectivity index (χ0) is 19.6. The van der Waals surface area contributed by atoms with Crippen LogP contribution < -0.4 is 5.32 Å². The van der Waals surface area contributed by atoms with Gasteiger partial charge >= 0.3 is 0 Å². The zero-order valence-corrected chi connectivity index (χ0v) is 18.3. The molecule has 1 unspecified atom stereocenters. The highest BCUT2D eigenvalue weighted by atomic mass is 79.9. The van der Waals surface area contributed by atoms with E-state index in [0.29, 0.717) is 30.5 Å². The van der Waals surface area contributed by atoms with Crippen LogP contribution in [0.5, 0.6) is 0 Å². The summed E-state index contributed by atoms with van der Waals surface area (Å²) in [4.78, 5) is 19.1. The van der Waals surface area contributed by atoms with Crippen LogP contribution in [0.4, 0.5) is 0 Å². The normalized spacial score (nSPS) is 21.1. The summed E-state index contributed by atoms with van der Waals surface area (Å²) < 4.78 is 7.30. The summed E-state index contributed by atoms with van der Waals surface area (Å²) in [6.07, 6.45) is 1.58. The average molecular weight is 484 g/mol. The number of oxime groups is 1. The van der Waals surface area contributed by atoms with Gasteiger partial charge in [-0.2, -0.15) is 0 Å². The fraction of sp³-hybridized carbons (Fsp3) is 0.400. The standard InChI is InChI=1S/C20H20BrClN2O3S/c21-14-3-1-2-13(10-14)20(6-8-26-9-7-20)12-23-19(25)16-11-15(24-27-16)17-4-5-18(22)28-17/h1-5,10,16H,6-9,11-12H2,(H,23,25). The van der Waals surface area contributed by atoms with Gasteiger partial charge < -0.3 is 14.9 Å². The first-order chi connectivity index (χ1) is 13.6. The highest BCUT2D eigenvalue weighted by molar-refractivity contribution is 9.10. The predicted octanol–water partition coefficient (Wildman–Crippen LogP) is 4.52. The minimum absolute atomic E-state index is 0.137. The van der Waals surface area contributed by atoms with E-state index < -0.39 is 6.10 Å². The molecule has 1 fully saturated rings. The molecule has 148 valence electrons. The SMILES string of the molecule is O=C(NCC1(c2cccc(Br)c2)CCOCC1)C1CC(c2ccc(Cl)s2)=NO1. The lowest BCUT2D eigenvalue weighted by Crippen LogP contribution is -2.47. The van der Waals surface area contributed by atoms with E-state index in [1.807, 2.05) is 24.3 Å². The van der Waals surface area contributed by atoms with Crippen molar-refractivity contribution in [1.82, 2.24) is 5.32 Å². The molecule has 1 aromatic heterocycles. The topological polar surface area (TPSA) is 59.9 Å². The Balaban J connectivity index is 1.41. The van der Waals surface area contributed by atoms with Crippen molar-refractivity contribution in [2.75, 3.05) is 19.8 Å². The number of hydrogen-bond donors (Lipinski definition) is 1. The lowest BCUT2D eigenvalue weighted by Gasteiger charge is -2.38. The molecule has 8 heteroatoms. The van der Waals surface area contributed by atoms with Gasteiger partial charge in [0.15, 0.2) is 0 Å². The number of halogens is 2. The minimum Gasteiger partial charge on any atom is -0.382 e. The molecule has 2 aliphatic rings. The molecule has 0 spiro atoms. The van der Waals surface area contributed by atoms with Crippen LogP contribution >= 0.6 is 38.9 Å². The zero-order valence-electron chi connectivity index (χ0n) is 15.1. The second-order valence-electron chi connectivity index (χ2n) is 7.06. The van der Waals surface area contributed by atoms with Gasteiger partial charge in [-0.1, -0.05) is 44.8 Å². The highest BCUT2D eigenvalue weighted by Crippen LogP contribution is 2.35. The number of rotatable bonds is 5. The summed E-state index contributed by atoms with van der Waals surface area (Å²) in [5.41, 5.74) is 1.84. The fourth-order valence-electron chi connectivity index (χ4n) is 3.65. The van der Waals surface area contributed by atoms with Gasteiger partial charge in [-0.3, -0.25) is 4.79 Å². The molecule has 1 saturated heterocycles. The van der Waals surface area contributed by atoms with E-state index in [4.69, 9.17) is 21.2 Å². The maximum atomic E-state index is 12.7. The molecule has 0 radical (unpaired) electrons. The quantitative estimate of drug-likeness (QED) is 0.680. The van der Waals surface area contributed by atoms with Crippen LogP contribution in [0, 0.1) is 0 Å². The molecular formula is C20H20BrClN2O3S. The average Bonchev–Trinajstić information content (AvgIpc) is 3.36. The lowest BCUT2D eigenvalue weighted by atomic mass is 9.74. The summed E-state index contributed by atoms with van der Waals surface area (Å²) >= 11 is 11.0. The molecule has 3 heterocycles. The van der Waals surface area contributed by atoms with Gasteiger partial charge in [0.2, 0.25) is 6.10 Å². The summed E-state index contributed by atoms with van der Waals surface area (Å²) in [5, 5.41) is 7.18. The van der Waals surface area contributed by atoms with E-state index in [2.05, 4.69) is 38.5 Å². The van der Waals surface area contributed by atoms with E-state index >= 15 is 0 Å². The summed E-state index contributed by atoms with van der Waals surface area (Å²) in [6.45, 7) is 1.93. The Morgan fingerprint density at radius 2 is 2.14 bits per heavy atom. The van der Waals surface area contributed by atoms with Crippen molar-refractivity contribution in [3.8, 4) is 0 Å². The van der Waals surface area contributed by atoms with Crippen molar-refractivity contribution in [3.05, 3.63) is 55.6 Å². The number of thiophene rings is 1. The molecule has 5 nitrogen and oxygen atoms in total. The van der Waals surface area contributed by atoms with Crippen molar-refractivity contribution in [1.29, 1.82) is 0 Å². The van der Waals surface area contributed by atoms with Crippen LogP contribution in [0.3, 0.4) is 0 Å². The first-order valence-electron chi connectivity index (χ1n) is 9.16. The summed E-state index contributed by atoms with van der Waals surface area (Å²) in [5.74, 6) is -0.137. The molecule has 1 N–H and O–H groups in total. The third-order valence-electron chi connectivity index (χ3n) is 5.31. The monoisotopic (exact) mass is 482 g/mol. The van der Waals surface area contributed by atoms with Gasteiger partial charge in [0.1, 0.15) is 5.71 Å². The number of hydrogen-bond acceptors (Lipinski definition) is 5. The van der Waals surface area contributed by atoms with Crippen molar-refractivity contribution in [3.63, 3.8) is 0 Å². The number of ether oxygens (including phenoxy) is 1. The Hall–Kier alpha value is -1.41. The predicted molar refractivity (Wildman–Crippen MR) is 114 cm³/mol. The third kappa shape index (κ3) is 4.27. The molecule has 0 bridgehead atoms. The van der Waals surface area contributed by atoms with E-state index in [1.165, 1.54) is 16.9 Å². The molecule has 2 aliphatic heterocycles. The maximum absolute atomic E-state index is 12.7. The highest BCUT2D eigenvalue weighted by Gasteiger charge is 2.37. The fourth-order valence-corrected chi connectivity index (χ4v) is 5.08. The number of amides is 1. The van der Waals surface area contributed by atoms with Crippen molar-refractivity contribution < 1.29 is 14.4 Å². The molecule has 0 aliphatic carbocycles. The molecule has 4 rings (SSSR count). The molecule has 2 aromatic rings. The second-order valence-corrected chi connectivity index (χ2v) is 9.69. The van der Waals surface area contributed by atoms with Gasteiger partial charge in [-0.05, 0) is 42.7 Å². The Morgan fingerprint density at radius 3 is 2.86 bits per heavy atom. The second kappa shape index (κ2) is 8.53. The number of carbonyl (C=O) groups is 1. The molecular weight excluding hydrogens is 464 g/mol. The van der Waals surface area contributed by atoms with Gasteiger partial charge in [0.25, 0.3) is 5.91 Å². The van der Waals surface area contributed by atoms with E-state index in [-0.39, 0.29) is 11.3 Å². The summed E-state index contributed by atoms with van der Waals surface area (Å²) in [7, 11) is 0. The Morgan fingerprint density at radius 1 is 1.32 bits per heavy atom. The smallest absolute Gasteiger partial charge is 0.264 e. The van der Waals surface area contributed by atoms with E-state index in [9.17, 15) is 4.79 Å². The first-order valence-corrected chi connectivity index (χ1v) is 11.1. The van der Waals surface area contributed by atoms with Gasteiger partial charge in [0.05, 0.1) is 9.21 Å². The molecule has 1 atom stereocenters. The van der Waals surface area contributed by atoms with Crippen LogP contribution in [0.1, 0.15) is 29.7 Å². The lowest BCUT2D eigenvalue weighted by molar-refractivity contribution is -0.131. The van der Waals surface area contributed by atoms with Crippen molar-refractivity contribution in [2.45, 2.75) is 30.8 Å².